The molecule has 0 aliphatic carbocycles. The second kappa shape index (κ2) is 2.63. The third kappa shape index (κ3) is 1.20. The Hall–Kier alpha value is -1.31. The smallest absolute Gasteiger partial charge is 0.224 e. The summed E-state index contributed by atoms with van der Waals surface area (Å²) in [4.78, 5) is 11.0. The van der Waals surface area contributed by atoms with Crippen molar-refractivity contribution < 1.29 is 4.79 Å². The number of rotatable bonds is 0. The standard InChI is InChI=1S/C10H10NO/c1-7-2-4-9-8(6-7)3-5-10(12)11-9/h2,4,6H,1,3,5H2,(H,11,12). The fourth-order valence-electron chi connectivity index (χ4n) is 1.44. The molecule has 1 heterocycles. The quantitative estimate of drug-likeness (QED) is 0.615. The van der Waals surface area contributed by atoms with Gasteiger partial charge in [0.1, 0.15) is 0 Å². The van der Waals surface area contributed by atoms with Gasteiger partial charge in [-0.2, -0.15) is 0 Å². The van der Waals surface area contributed by atoms with Crippen molar-refractivity contribution in [2.24, 2.45) is 0 Å². The van der Waals surface area contributed by atoms with Crippen LogP contribution < -0.4 is 5.32 Å². The molecule has 0 bridgehead atoms. The Kier molecular flexibility index (Phi) is 1.61. The monoisotopic (exact) mass is 160 g/mol. The van der Waals surface area contributed by atoms with Crippen LogP contribution >= 0.6 is 0 Å². The summed E-state index contributed by atoms with van der Waals surface area (Å²) in [6, 6.07) is 5.84. The minimum atomic E-state index is 0.110. The van der Waals surface area contributed by atoms with Gasteiger partial charge in [0, 0.05) is 12.1 Å². The fraction of sp³-hybridized carbons (Fsp3) is 0.200. The van der Waals surface area contributed by atoms with E-state index >= 15 is 0 Å². The normalized spacial score (nSPS) is 15.2. The molecule has 1 aliphatic rings. The molecule has 0 spiro atoms. The maximum absolute atomic E-state index is 11.0. The molecule has 2 nitrogen and oxygen atoms in total. The van der Waals surface area contributed by atoms with Gasteiger partial charge in [-0.1, -0.05) is 12.1 Å². The highest BCUT2D eigenvalue weighted by molar-refractivity contribution is 5.93. The van der Waals surface area contributed by atoms with Crippen LogP contribution in [0.15, 0.2) is 18.2 Å². The number of amides is 1. The molecule has 1 amide bonds. The van der Waals surface area contributed by atoms with E-state index in [1.807, 2.05) is 18.2 Å². The van der Waals surface area contributed by atoms with Crippen molar-refractivity contribution >= 4 is 11.6 Å². The number of benzene rings is 1. The van der Waals surface area contributed by atoms with Crippen LogP contribution in [-0.2, 0) is 11.2 Å². The predicted molar refractivity (Wildman–Crippen MR) is 47.9 cm³/mol. The summed E-state index contributed by atoms with van der Waals surface area (Å²) in [6.07, 6.45) is 1.43. The molecule has 2 rings (SSSR count). The number of anilines is 1. The van der Waals surface area contributed by atoms with E-state index in [0.717, 1.165) is 17.7 Å². The van der Waals surface area contributed by atoms with E-state index in [1.165, 1.54) is 5.56 Å². The topological polar surface area (TPSA) is 29.1 Å². The third-order valence-electron chi connectivity index (χ3n) is 2.07. The van der Waals surface area contributed by atoms with Crippen molar-refractivity contribution in [1.82, 2.24) is 0 Å². The molecular formula is C10H10NO. The van der Waals surface area contributed by atoms with Crippen molar-refractivity contribution in [2.45, 2.75) is 12.8 Å². The summed E-state index contributed by atoms with van der Waals surface area (Å²) < 4.78 is 0. The predicted octanol–water partition coefficient (Wildman–Crippen LogP) is 1.75. The Morgan fingerprint density at radius 2 is 2.17 bits per heavy atom. The SMILES string of the molecule is [CH2]c1ccc2c(c1)CCC(=O)N2. The van der Waals surface area contributed by atoms with Crippen molar-refractivity contribution in [2.75, 3.05) is 5.32 Å². The summed E-state index contributed by atoms with van der Waals surface area (Å²) in [7, 11) is 0. The zero-order valence-corrected chi connectivity index (χ0v) is 6.76. The van der Waals surface area contributed by atoms with Gasteiger partial charge in [0.25, 0.3) is 0 Å². The lowest BCUT2D eigenvalue weighted by atomic mass is 10.0. The second-order valence-corrected chi connectivity index (χ2v) is 3.04. The van der Waals surface area contributed by atoms with Gasteiger partial charge >= 0.3 is 0 Å². The molecular weight excluding hydrogens is 150 g/mol. The van der Waals surface area contributed by atoms with Crippen LogP contribution in [-0.4, -0.2) is 5.91 Å². The van der Waals surface area contributed by atoms with Gasteiger partial charge < -0.3 is 5.32 Å². The molecule has 12 heavy (non-hydrogen) atoms. The number of carbonyl (C=O) groups excluding carboxylic acids is 1. The third-order valence-corrected chi connectivity index (χ3v) is 2.07. The van der Waals surface area contributed by atoms with Crippen LogP contribution in [0.2, 0.25) is 0 Å². The van der Waals surface area contributed by atoms with E-state index in [4.69, 9.17) is 0 Å². The highest BCUT2D eigenvalue weighted by Crippen LogP contribution is 2.22. The second-order valence-electron chi connectivity index (χ2n) is 3.04. The summed E-state index contributed by atoms with van der Waals surface area (Å²) in [5.41, 5.74) is 3.14. The lowest BCUT2D eigenvalue weighted by Crippen LogP contribution is -2.18. The first-order valence-corrected chi connectivity index (χ1v) is 4.00. The maximum Gasteiger partial charge on any atom is 0.224 e. The summed E-state index contributed by atoms with van der Waals surface area (Å²) in [5, 5.41) is 2.82. The Morgan fingerprint density at radius 3 is 3.00 bits per heavy atom. The van der Waals surface area contributed by atoms with Crippen molar-refractivity contribution in [3.8, 4) is 0 Å². The van der Waals surface area contributed by atoms with Crippen molar-refractivity contribution in [3.63, 3.8) is 0 Å². The maximum atomic E-state index is 11.0. The molecule has 1 aromatic rings. The van der Waals surface area contributed by atoms with Gasteiger partial charge in [0.2, 0.25) is 5.91 Å². The minimum Gasteiger partial charge on any atom is -0.326 e. The molecule has 1 N–H and O–H groups in total. The van der Waals surface area contributed by atoms with Gasteiger partial charge in [0.15, 0.2) is 0 Å². The van der Waals surface area contributed by atoms with E-state index in [1.54, 1.807) is 0 Å². The molecule has 2 heteroatoms. The Labute approximate surface area is 71.6 Å². The average molecular weight is 160 g/mol. The Bertz CT molecular complexity index is 331. The fourth-order valence-corrected chi connectivity index (χ4v) is 1.44. The zero-order valence-electron chi connectivity index (χ0n) is 6.76. The molecule has 61 valence electrons. The average Bonchev–Trinajstić information content (AvgIpc) is 2.05. The van der Waals surface area contributed by atoms with Crippen LogP contribution in [0.3, 0.4) is 0 Å². The number of fused-ring (bicyclic) bond motifs is 1. The lowest BCUT2D eigenvalue weighted by Gasteiger charge is -2.16. The lowest BCUT2D eigenvalue weighted by molar-refractivity contribution is -0.116. The summed E-state index contributed by atoms with van der Waals surface area (Å²) >= 11 is 0. The van der Waals surface area contributed by atoms with Crippen LogP contribution in [0.25, 0.3) is 0 Å². The van der Waals surface area contributed by atoms with Crippen molar-refractivity contribution in [1.29, 1.82) is 0 Å². The Balaban J connectivity index is 2.43. The molecule has 1 aromatic carbocycles. The van der Waals surface area contributed by atoms with Gasteiger partial charge in [-0.05, 0) is 30.5 Å². The van der Waals surface area contributed by atoms with Gasteiger partial charge in [0.05, 0.1) is 0 Å². The summed E-state index contributed by atoms with van der Waals surface area (Å²) in [5.74, 6) is 0.110. The number of nitrogens with one attached hydrogen (secondary N) is 1. The number of carbonyl (C=O) groups is 1. The largest absolute Gasteiger partial charge is 0.326 e. The molecule has 0 saturated heterocycles. The molecule has 1 aliphatic heterocycles. The first-order chi connectivity index (χ1) is 5.75. The zero-order chi connectivity index (χ0) is 8.55. The minimum absolute atomic E-state index is 0.110. The van der Waals surface area contributed by atoms with Crippen LogP contribution in [0.1, 0.15) is 17.5 Å². The van der Waals surface area contributed by atoms with E-state index < -0.39 is 0 Å². The number of hydrogen-bond donors (Lipinski definition) is 1. The summed E-state index contributed by atoms with van der Waals surface area (Å²) in [6.45, 7) is 3.83. The van der Waals surface area contributed by atoms with Crippen molar-refractivity contribution in [3.05, 3.63) is 36.2 Å². The van der Waals surface area contributed by atoms with E-state index in [0.29, 0.717) is 6.42 Å². The van der Waals surface area contributed by atoms with E-state index in [9.17, 15) is 4.79 Å². The van der Waals surface area contributed by atoms with Crippen LogP contribution in [0.5, 0.6) is 0 Å². The molecule has 0 fully saturated rings. The first-order valence-electron chi connectivity index (χ1n) is 4.00. The highest BCUT2D eigenvalue weighted by Gasteiger charge is 2.13. The molecule has 0 saturated carbocycles. The molecule has 0 unspecified atom stereocenters. The van der Waals surface area contributed by atoms with E-state index in [-0.39, 0.29) is 5.91 Å². The van der Waals surface area contributed by atoms with Gasteiger partial charge in [-0.3, -0.25) is 4.79 Å². The molecule has 0 aromatic heterocycles. The first kappa shape index (κ1) is 7.35. The number of hydrogen-bond acceptors (Lipinski definition) is 1. The Morgan fingerprint density at radius 1 is 1.33 bits per heavy atom. The molecule has 1 radical (unpaired) electrons. The van der Waals surface area contributed by atoms with Crippen LogP contribution in [0, 0.1) is 6.92 Å². The molecule has 0 atom stereocenters. The van der Waals surface area contributed by atoms with Gasteiger partial charge in [-0.15, -0.1) is 0 Å². The van der Waals surface area contributed by atoms with E-state index in [2.05, 4.69) is 12.2 Å². The van der Waals surface area contributed by atoms with Crippen LogP contribution in [0.4, 0.5) is 5.69 Å². The van der Waals surface area contributed by atoms with Gasteiger partial charge in [-0.25, -0.2) is 0 Å². The highest BCUT2D eigenvalue weighted by atomic mass is 16.1. The number of aryl methyl sites for hydroxylation is 1.